The molecule has 1 heterocycles. The van der Waals surface area contributed by atoms with Crippen LogP contribution in [0, 0.1) is 0 Å². The average molecular weight is 541 g/mol. The SMILES string of the molecule is COC(=O)c1ccccc1NC(=S)N/N=C/c1ccc(-c2ncn(-c3ccc(OC(F)(F)F)cc3)n2)cc1. The highest BCUT2D eigenvalue weighted by atomic mass is 32.1. The van der Waals surface area contributed by atoms with Crippen LogP contribution in [0.1, 0.15) is 15.9 Å². The number of hydrazone groups is 1. The molecule has 194 valence electrons. The van der Waals surface area contributed by atoms with Crippen LogP contribution in [0.15, 0.2) is 84.2 Å². The van der Waals surface area contributed by atoms with E-state index < -0.39 is 12.3 Å². The van der Waals surface area contributed by atoms with Crippen LogP contribution in [-0.4, -0.2) is 45.5 Å². The maximum atomic E-state index is 12.3. The summed E-state index contributed by atoms with van der Waals surface area (Å²) in [6, 6.07) is 19.2. The van der Waals surface area contributed by atoms with E-state index in [4.69, 9.17) is 17.0 Å². The van der Waals surface area contributed by atoms with Gasteiger partial charge in [-0.2, -0.15) is 5.10 Å². The number of hydrogen-bond acceptors (Lipinski definition) is 7. The van der Waals surface area contributed by atoms with Crippen molar-refractivity contribution in [1.82, 2.24) is 20.2 Å². The summed E-state index contributed by atoms with van der Waals surface area (Å²) >= 11 is 5.23. The number of halogens is 3. The second-order valence-corrected chi connectivity index (χ2v) is 7.95. The molecule has 4 rings (SSSR count). The van der Waals surface area contributed by atoms with Crippen LogP contribution in [0.3, 0.4) is 0 Å². The first kappa shape index (κ1) is 26.3. The smallest absolute Gasteiger partial charge is 0.465 e. The van der Waals surface area contributed by atoms with E-state index in [9.17, 15) is 18.0 Å². The van der Waals surface area contributed by atoms with Crippen molar-refractivity contribution in [3.8, 4) is 22.8 Å². The number of thiocarbonyl (C=S) groups is 1. The zero-order chi connectivity index (χ0) is 27.1. The van der Waals surface area contributed by atoms with Crippen molar-refractivity contribution < 1.29 is 27.4 Å². The fourth-order valence-electron chi connectivity index (χ4n) is 3.23. The molecule has 0 spiro atoms. The molecule has 38 heavy (non-hydrogen) atoms. The summed E-state index contributed by atoms with van der Waals surface area (Å²) in [6.45, 7) is 0. The normalized spacial score (nSPS) is 11.3. The van der Waals surface area contributed by atoms with Gasteiger partial charge in [-0.15, -0.1) is 18.3 Å². The molecule has 4 aromatic rings. The van der Waals surface area contributed by atoms with Gasteiger partial charge in [-0.3, -0.25) is 5.43 Å². The molecule has 0 aliphatic carbocycles. The molecule has 0 fully saturated rings. The minimum atomic E-state index is -4.75. The Bertz CT molecular complexity index is 1450. The number of rotatable bonds is 7. The Hall–Kier alpha value is -4.78. The summed E-state index contributed by atoms with van der Waals surface area (Å²) in [4.78, 5) is 16.1. The number of ether oxygens (including phenoxy) is 2. The molecular formula is C25H19F3N6O3S. The molecule has 0 atom stereocenters. The third-order valence-corrected chi connectivity index (χ3v) is 5.15. The quantitative estimate of drug-likeness (QED) is 0.147. The standard InChI is InChI=1S/C25H19F3N6O3S/c1-36-23(35)20-4-2-3-5-21(20)31-24(38)32-30-14-16-6-8-17(9-7-16)22-29-15-34(33-22)18-10-12-19(13-11-18)37-25(26,27)28/h2-15H,1H3,(H2,31,32,38)/b30-14+. The van der Waals surface area contributed by atoms with Crippen LogP contribution in [0.4, 0.5) is 18.9 Å². The molecule has 2 N–H and O–H groups in total. The first-order valence-corrected chi connectivity index (χ1v) is 11.3. The van der Waals surface area contributed by atoms with E-state index in [1.54, 1.807) is 54.7 Å². The number of methoxy groups -OCH3 is 1. The van der Waals surface area contributed by atoms with Crippen molar-refractivity contribution in [1.29, 1.82) is 0 Å². The molecule has 0 radical (unpaired) electrons. The number of anilines is 1. The van der Waals surface area contributed by atoms with Crippen LogP contribution in [0.5, 0.6) is 5.75 Å². The number of aromatic nitrogens is 3. The van der Waals surface area contributed by atoms with Crippen molar-refractivity contribution in [2.24, 2.45) is 5.10 Å². The number of benzene rings is 3. The van der Waals surface area contributed by atoms with Gasteiger partial charge in [-0.25, -0.2) is 14.5 Å². The van der Waals surface area contributed by atoms with Crippen LogP contribution in [-0.2, 0) is 4.74 Å². The molecule has 0 unspecified atom stereocenters. The van der Waals surface area contributed by atoms with Crippen LogP contribution in [0.2, 0.25) is 0 Å². The highest BCUT2D eigenvalue weighted by molar-refractivity contribution is 7.80. The largest absolute Gasteiger partial charge is 0.573 e. The van der Waals surface area contributed by atoms with E-state index in [2.05, 4.69) is 30.7 Å². The number of carbonyl (C=O) groups excluding carboxylic acids is 1. The fraction of sp³-hybridized carbons (Fsp3) is 0.0800. The van der Waals surface area contributed by atoms with E-state index in [-0.39, 0.29) is 10.9 Å². The molecule has 0 aliphatic heterocycles. The molecule has 3 aromatic carbocycles. The van der Waals surface area contributed by atoms with Gasteiger partial charge in [0.25, 0.3) is 0 Å². The van der Waals surface area contributed by atoms with Gasteiger partial charge in [0.05, 0.1) is 30.3 Å². The van der Waals surface area contributed by atoms with Crippen molar-refractivity contribution in [2.45, 2.75) is 6.36 Å². The van der Waals surface area contributed by atoms with Gasteiger partial charge in [0.1, 0.15) is 12.1 Å². The molecular weight excluding hydrogens is 521 g/mol. The van der Waals surface area contributed by atoms with Gasteiger partial charge in [-0.05, 0) is 54.2 Å². The fourth-order valence-corrected chi connectivity index (χ4v) is 3.40. The summed E-state index contributed by atoms with van der Waals surface area (Å²) in [5.74, 6) is -0.389. The number of para-hydroxylation sites is 1. The van der Waals surface area contributed by atoms with Crippen LogP contribution < -0.4 is 15.5 Å². The molecule has 0 amide bonds. The Morgan fingerprint density at radius 1 is 1.05 bits per heavy atom. The van der Waals surface area contributed by atoms with E-state index in [1.165, 1.54) is 42.4 Å². The van der Waals surface area contributed by atoms with Crippen LogP contribution in [0.25, 0.3) is 17.1 Å². The Kier molecular flexibility index (Phi) is 7.97. The lowest BCUT2D eigenvalue weighted by molar-refractivity contribution is -0.274. The maximum absolute atomic E-state index is 12.3. The number of nitrogens with one attached hydrogen (secondary N) is 2. The third kappa shape index (κ3) is 6.91. The second kappa shape index (κ2) is 11.5. The van der Waals surface area contributed by atoms with Gasteiger partial charge in [0.2, 0.25) is 0 Å². The lowest BCUT2D eigenvalue weighted by Gasteiger charge is -2.10. The average Bonchev–Trinajstić information content (AvgIpc) is 3.39. The van der Waals surface area contributed by atoms with Gasteiger partial charge in [0, 0.05) is 5.56 Å². The van der Waals surface area contributed by atoms with Gasteiger partial charge >= 0.3 is 12.3 Å². The predicted octanol–water partition coefficient (Wildman–Crippen LogP) is 4.94. The summed E-state index contributed by atoms with van der Waals surface area (Å²) in [5.41, 5.74) is 5.51. The predicted molar refractivity (Wildman–Crippen MR) is 138 cm³/mol. The number of esters is 1. The zero-order valence-electron chi connectivity index (χ0n) is 19.6. The first-order chi connectivity index (χ1) is 18.2. The van der Waals surface area contributed by atoms with Crippen molar-refractivity contribution >= 4 is 35.2 Å². The van der Waals surface area contributed by atoms with Gasteiger partial charge in [0.15, 0.2) is 10.9 Å². The number of hydrogen-bond donors (Lipinski definition) is 2. The molecule has 13 heteroatoms. The molecule has 0 saturated heterocycles. The van der Waals surface area contributed by atoms with E-state index >= 15 is 0 Å². The Morgan fingerprint density at radius 3 is 2.45 bits per heavy atom. The Labute approximate surface area is 219 Å². The second-order valence-electron chi connectivity index (χ2n) is 7.54. The Balaban J connectivity index is 1.35. The molecule has 0 saturated carbocycles. The van der Waals surface area contributed by atoms with E-state index in [0.29, 0.717) is 22.8 Å². The first-order valence-electron chi connectivity index (χ1n) is 10.9. The topological polar surface area (TPSA) is 103 Å². The summed E-state index contributed by atoms with van der Waals surface area (Å²) in [7, 11) is 1.30. The molecule has 1 aromatic heterocycles. The Morgan fingerprint density at radius 2 is 1.76 bits per heavy atom. The monoisotopic (exact) mass is 540 g/mol. The molecule has 0 aliphatic rings. The summed E-state index contributed by atoms with van der Waals surface area (Å²) < 4.78 is 47.1. The highest BCUT2D eigenvalue weighted by Crippen LogP contribution is 2.24. The number of carbonyl (C=O) groups is 1. The number of nitrogens with zero attached hydrogens (tertiary/aromatic N) is 4. The van der Waals surface area contributed by atoms with Crippen molar-refractivity contribution in [3.63, 3.8) is 0 Å². The maximum Gasteiger partial charge on any atom is 0.573 e. The minimum Gasteiger partial charge on any atom is -0.465 e. The van der Waals surface area contributed by atoms with Crippen molar-refractivity contribution in [2.75, 3.05) is 12.4 Å². The lowest BCUT2D eigenvalue weighted by Crippen LogP contribution is -2.25. The van der Waals surface area contributed by atoms with Crippen molar-refractivity contribution in [3.05, 3.63) is 90.3 Å². The van der Waals surface area contributed by atoms with E-state index in [0.717, 1.165) is 11.1 Å². The molecule has 9 nitrogen and oxygen atoms in total. The lowest BCUT2D eigenvalue weighted by atomic mass is 10.1. The highest BCUT2D eigenvalue weighted by Gasteiger charge is 2.31. The minimum absolute atomic E-state index is 0.182. The van der Waals surface area contributed by atoms with Crippen LogP contribution >= 0.6 is 12.2 Å². The summed E-state index contributed by atoms with van der Waals surface area (Å²) in [5, 5.41) is 11.6. The van der Waals surface area contributed by atoms with Gasteiger partial charge < -0.3 is 14.8 Å². The summed E-state index contributed by atoms with van der Waals surface area (Å²) in [6.07, 6.45) is -1.74. The third-order valence-electron chi connectivity index (χ3n) is 4.96. The van der Waals surface area contributed by atoms with Gasteiger partial charge in [-0.1, -0.05) is 36.4 Å². The number of alkyl halides is 3. The van der Waals surface area contributed by atoms with E-state index in [1.807, 2.05) is 0 Å². The molecule has 0 bridgehead atoms. The zero-order valence-corrected chi connectivity index (χ0v) is 20.5.